The molecule has 4 nitrogen and oxygen atoms in total. The van der Waals surface area contributed by atoms with Crippen LogP contribution in [0.5, 0.6) is 5.75 Å². The first kappa shape index (κ1) is 15.5. The molecule has 0 atom stereocenters. The van der Waals surface area contributed by atoms with E-state index in [9.17, 15) is 4.79 Å². The van der Waals surface area contributed by atoms with Crippen molar-refractivity contribution >= 4 is 34.9 Å². The van der Waals surface area contributed by atoms with Crippen molar-refractivity contribution in [1.29, 1.82) is 0 Å². The number of anilines is 1. The molecule has 21 heavy (non-hydrogen) atoms. The van der Waals surface area contributed by atoms with Crippen LogP contribution in [0.4, 0.5) is 5.69 Å². The van der Waals surface area contributed by atoms with Gasteiger partial charge in [-0.1, -0.05) is 23.2 Å². The van der Waals surface area contributed by atoms with Gasteiger partial charge in [0, 0.05) is 15.6 Å². The zero-order valence-corrected chi connectivity index (χ0v) is 12.7. The smallest absolute Gasteiger partial charge is 0.337 e. The number of carbonyl (C=O) groups is 1. The van der Waals surface area contributed by atoms with Gasteiger partial charge in [0.15, 0.2) is 0 Å². The number of rotatable bonds is 4. The van der Waals surface area contributed by atoms with E-state index in [-0.39, 0.29) is 6.61 Å². The fourth-order valence-electron chi connectivity index (χ4n) is 1.71. The number of carbonyl (C=O) groups excluding carboxylic acids is 1. The van der Waals surface area contributed by atoms with Crippen LogP contribution in [0.25, 0.3) is 0 Å². The number of ether oxygens (including phenoxy) is 2. The Morgan fingerprint density at radius 1 is 1.19 bits per heavy atom. The molecular weight excluding hydrogens is 313 g/mol. The number of esters is 1. The minimum Gasteiger partial charge on any atom is -0.487 e. The van der Waals surface area contributed by atoms with Crippen molar-refractivity contribution < 1.29 is 14.3 Å². The second-order valence-electron chi connectivity index (χ2n) is 4.27. The number of nitrogen functional groups attached to an aromatic ring is 1. The lowest BCUT2D eigenvalue weighted by Gasteiger charge is -2.11. The molecule has 110 valence electrons. The Kier molecular flexibility index (Phi) is 4.94. The van der Waals surface area contributed by atoms with Crippen molar-refractivity contribution in [2.24, 2.45) is 0 Å². The van der Waals surface area contributed by atoms with E-state index in [2.05, 4.69) is 4.74 Å². The van der Waals surface area contributed by atoms with Crippen molar-refractivity contribution in [2.75, 3.05) is 12.8 Å². The van der Waals surface area contributed by atoms with E-state index in [4.69, 9.17) is 33.7 Å². The second-order valence-corrected chi connectivity index (χ2v) is 5.11. The molecule has 0 radical (unpaired) electrons. The summed E-state index contributed by atoms with van der Waals surface area (Å²) in [6.07, 6.45) is 0. The zero-order chi connectivity index (χ0) is 15.4. The van der Waals surface area contributed by atoms with E-state index in [0.717, 1.165) is 5.56 Å². The molecule has 0 saturated carbocycles. The third kappa shape index (κ3) is 3.80. The minimum absolute atomic E-state index is 0.189. The van der Waals surface area contributed by atoms with Gasteiger partial charge >= 0.3 is 5.97 Å². The fourth-order valence-corrected chi connectivity index (χ4v) is 2.08. The molecule has 0 aliphatic heterocycles. The van der Waals surface area contributed by atoms with Crippen LogP contribution in [0.3, 0.4) is 0 Å². The Labute approximate surface area is 132 Å². The van der Waals surface area contributed by atoms with E-state index in [1.807, 2.05) is 0 Å². The maximum atomic E-state index is 11.5. The molecule has 0 saturated heterocycles. The summed E-state index contributed by atoms with van der Waals surface area (Å²) in [5.74, 6) is -0.0745. The predicted molar refractivity (Wildman–Crippen MR) is 83.0 cm³/mol. The van der Waals surface area contributed by atoms with Gasteiger partial charge in [-0.05, 0) is 36.4 Å². The Balaban J connectivity index is 2.19. The lowest BCUT2D eigenvalue weighted by Crippen LogP contribution is -2.04. The van der Waals surface area contributed by atoms with E-state index in [1.165, 1.54) is 13.2 Å². The van der Waals surface area contributed by atoms with Crippen molar-refractivity contribution in [2.45, 2.75) is 6.61 Å². The summed E-state index contributed by atoms with van der Waals surface area (Å²) >= 11 is 12.0. The van der Waals surface area contributed by atoms with Crippen molar-refractivity contribution in [3.05, 3.63) is 57.6 Å². The van der Waals surface area contributed by atoms with Crippen LogP contribution in [0, 0.1) is 0 Å². The lowest BCUT2D eigenvalue weighted by atomic mass is 10.2. The van der Waals surface area contributed by atoms with Gasteiger partial charge in [0.25, 0.3) is 0 Å². The minimum atomic E-state index is -0.458. The molecule has 0 aliphatic carbocycles. The summed E-state index contributed by atoms with van der Waals surface area (Å²) in [5, 5.41) is 1.11. The molecular formula is C15H13Cl2NO3. The van der Waals surface area contributed by atoms with Crippen LogP contribution in [0.15, 0.2) is 36.4 Å². The summed E-state index contributed by atoms with van der Waals surface area (Å²) < 4.78 is 10.3. The Hall–Kier alpha value is -1.91. The van der Waals surface area contributed by atoms with Gasteiger partial charge in [0.1, 0.15) is 12.4 Å². The van der Waals surface area contributed by atoms with Crippen LogP contribution < -0.4 is 10.5 Å². The molecule has 2 rings (SSSR count). The number of hydrogen-bond donors (Lipinski definition) is 1. The Morgan fingerprint density at radius 2 is 1.95 bits per heavy atom. The van der Waals surface area contributed by atoms with Gasteiger partial charge in [-0.3, -0.25) is 0 Å². The van der Waals surface area contributed by atoms with Gasteiger partial charge < -0.3 is 15.2 Å². The average Bonchev–Trinajstić information content (AvgIpc) is 2.48. The summed E-state index contributed by atoms with van der Waals surface area (Å²) in [6, 6.07) is 9.78. The normalized spacial score (nSPS) is 10.2. The standard InChI is InChI=1S/C15H13Cl2NO3/c1-20-15(19)9-2-5-13(18)14(7-9)21-8-10-6-11(16)3-4-12(10)17/h2-7H,8,18H2,1H3. The first-order chi connectivity index (χ1) is 10.0. The van der Waals surface area contributed by atoms with E-state index >= 15 is 0 Å². The predicted octanol–water partition coefficient (Wildman–Crippen LogP) is 3.94. The van der Waals surface area contributed by atoms with Crippen LogP contribution >= 0.6 is 23.2 Å². The maximum absolute atomic E-state index is 11.5. The zero-order valence-electron chi connectivity index (χ0n) is 11.2. The average molecular weight is 326 g/mol. The molecule has 2 aromatic rings. The van der Waals surface area contributed by atoms with Gasteiger partial charge in [-0.2, -0.15) is 0 Å². The van der Waals surface area contributed by atoms with Crippen LogP contribution in [0.2, 0.25) is 10.0 Å². The molecule has 0 spiro atoms. The molecule has 6 heteroatoms. The Bertz CT molecular complexity index is 674. The highest BCUT2D eigenvalue weighted by Gasteiger charge is 2.10. The van der Waals surface area contributed by atoms with Crippen LogP contribution in [0.1, 0.15) is 15.9 Å². The Morgan fingerprint density at radius 3 is 2.67 bits per heavy atom. The van der Waals surface area contributed by atoms with Gasteiger partial charge in [-0.15, -0.1) is 0 Å². The van der Waals surface area contributed by atoms with Crippen molar-refractivity contribution in [1.82, 2.24) is 0 Å². The molecule has 2 aromatic carbocycles. The summed E-state index contributed by atoms with van der Waals surface area (Å²) in [6.45, 7) is 0.189. The third-order valence-corrected chi connectivity index (χ3v) is 3.43. The first-order valence-electron chi connectivity index (χ1n) is 6.06. The SMILES string of the molecule is COC(=O)c1ccc(N)c(OCc2cc(Cl)ccc2Cl)c1. The highest BCUT2D eigenvalue weighted by atomic mass is 35.5. The van der Waals surface area contributed by atoms with Gasteiger partial charge in [-0.25, -0.2) is 4.79 Å². The largest absolute Gasteiger partial charge is 0.487 e. The summed E-state index contributed by atoms with van der Waals surface area (Å²) in [7, 11) is 1.31. The van der Waals surface area contributed by atoms with Gasteiger partial charge in [0.05, 0.1) is 18.4 Å². The summed E-state index contributed by atoms with van der Waals surface area (Å²) in [5.41, 5.74) is 7.33. The second kappa shape index (κ2) is 6.70. The number of benzene rings is 2. The molecule has 0 bridgehead atoms. The fraction of sp³-hybridized carbons (Fsp3) is 0.133. The monoisotopic (exact) mass is 325 g/mol. The van der Waals surface area contributed by atoms with E-state index < -0.39 is 5.97 Å². The van der Waals surface area contributed by atoms with Crippen LogP contribution in [-0.2, 0) is 11.3 Å². The highest BCUT2D eigenvalue weighted by molar-refractivity contribution is 6.33. The summed E-state index contributed by atoms with van der Waals surface area (Å²) in [4.78, 5) is 11.5. The molecule has 0 amide bonds. The molecule has 0 aliphatic rings. The molecule has 0 unspecified atom stereocenters. The van der Waals surface area contributed by atoms with Crippen LogP contribution in [-0.4, -0.2) is 13.1 Å². The van der Waals surface area contributed by atoms with E-state index in [1.54, 1.807) is 30.3 Å². The topological polar surface area (TPSA) is 61.5 Å². The quantitative estimate of drug-likeness (QED) is 0.683. The lowest BCUT2D eigenvalue weighted by molar-refractivity contribution is 0.0600. The number of hydrogen-bond acceptors (Lipinski definition) is 4. The molecule has 0 aromatic heterocycles. The number of methoxy groups -OCH3 is 1. The highest BCUT2D eigenvalue weighted by Crippen LogP contribution is 2.26. The molecule has 0 heterocycles. The van der Waals surface area contributed by atoms with Crippen molar-refractivity contribution in [3.8, 4) is 5.75 Å². The third-order valence-electron chi connectivity index (χ3n) is 2.83. The van der Waals surface area contributed by atoms with Gasteiger partial charge in [0.2, 0.25) is 0 Å². The van der Waals surface area contributed by atoms with E-state index in [0.29, 0.717) is 27.0 Å². The van der Waals surface area contributed by atoms with Crippen molar-refractivity contribution in [3.63, 3.8) is 0 Å². The first-order valence-corrected chi connectivity index (χ1v) is 6.81. The number of halogens is 2. The molecule has 2 N–H and O–H groups in total. The maximum Gasteiger partial charge on any atom is 0.337 e. The number of nitrogens with two attached hydrogens (primary N) is 1. The molecule has 0 fully saturated rings.